The molecule has 0 N–H and O–H groups in total. The van der Waals surface area contributed by atoms with Crippen molar-refractivity contribution < 1.29 is 8.78 Å². The van der Waals surface area contributed by atoms with Crippen LogP contribution in [0.2, 0.25) is 0 Å². The fourth-order valence-electron chi connectivity index (χ4n) is 3.43. The van der Waals surface area contributed by atoms with Crippen molar-refractivity contribution in [2.45, 2.75) is 39.0 Å². The summed E-state index contributed by atoms with van der Waals surface area (Å²) in [6.07, 6.45) is 14.6. The van der Waals surface area contributed by atoms with Gasteiger partial charge in [0.05, 0.1) is 0 Å². The first-order valence-corrected chi connectivity index (χ1v) is 8.17. The van der Waals surface area contributed by atoms with Gasteiger partial charge in [-0.15, -0.1) is 0 Å². The molecule has 0 spiro atoms. The lowest BCUT2D eigenvalue weighted by Crippen LogP contribution is -2.13. The van der Waals surface area contributed by atoms with Gasteiger partial charge < -0.3 is 0 Å². The Hall–Kier alpha value is -1.70. The number of rotatable bonds is 2. The molecule has 1 aromatic rings. The molecule has 0 atom stereocenters. The zero-order valence-electron chi connectivity index (χ0n) is 13.0. The van der Waals surface area contributed by atoms with Gasteiger partial charge in [0.25, 0.3) is 0 Å². The SMILES string of the molecule is CC1CCC(C2=CCC=C(c3ccc(F)c(F)c3)C=C2)CC1. The predicted molar refractivity (Wildman–Crippen MR) is 87.3 cm³/mol. The van der Waals surface area contributed by atoms with E-state index in [9.17, 15) is 8.78 Å². The topological polar surface area (TPSA) is 0 Å². The van der Waals surface area contributed by atoms with Gasteiger partial charge >= 0.3 is 0 Å². The zero-order chi connectivity index (χ0) is 15.5. The molecule has 22 heavy (non-hydrogen) atoms. The lowest BCUT2D eigenvalue weighted by Gasteiger charge is -2.27. The van der Waals surface area contributed by atoms with E-state index in [2.05, 4.69) is 25.2 Å². The summed E-state index contributed by atoms with van der Waals surface area (Å²) in [6.45, 7) is 2.33. The third kappa shape index (κ3) is 3.37. The van der Waals surface area contributed by atoms with Gasteiger partial charge in [-0.3, -0.25) is 0 Å². The highest BCUT2D eigenvalue weighted by atomic mass is 19.2. The molecule has 0 bridgehead atoms. The van der Waals surface area contributed by atoms with Crippen molar-refractivity contribution in [1.29, 1.82) is 0 Å². The molecule has 0 radical (unpaired) electrons. The van der Waals surface area contributed by atoms with Crippen LogP contribution in [0.3, 0.4) is 0 Å². The van der Waals surface area contributed by atoms with Gasteiger partial charge in [-0.2, -0.15) is 0 Å². The minimum absolute atomic E-state index is 0.658. The van der Waals surface area contributed by atoms with Crippen LogP contribution in [0.25, 0.3) is 5.57 Å². The normalized spacial score (nSPS) is 25.4. The fraction of sp³-hybridized carbons (Fsp3) is 0.400. The minimum atomic E-state index is -0.794. The van der Waals surface area contributed by atoms with Gasteiger partial charge in [-0.1, -0.05) is 50.1 Å². The number of hydrogen-bond acceptors (Lipinski definition) is 0. The summed E-state index contributed by atoms with van der Waals surface area (Å²) in [5.74, 6) is -0.0739. The van der Waals surface area contributed by atoms with Crippen molar-refractivity contribution in [3.8, 4) is 0 Å². The second-order valence-electron chi connectivity index (χ2n) is 6.52. The Morgan fingerprint density at radius 1 is 0.909 bits per heavy atom. The molecule has 0 heterocycles. The highest BCUT2D eigenvalue weighted by Crippen LogP contribution is 2.35. The van der Waals surface area contributed by atoms with E-state index in [4.69, 9.17) is 0 Å². The van der Waals surface area contributed by atoms with Crippen LogP contribution in [-0.2, 0) is 0 Å². The van der Waals surface area contributed by atoms with E-state index in [0.717, 1.165) is 23.5 Å². The quantitative estimate of drug-likeness (QED) is 0.622. The van der Waals surface area contributed by atoms with E-state index in [0.29, 0.717) is 5.92 Å². The third-order valence-electron chi connectivity index (χ3n) is 4.89. The number of allylic oxidation sites excluding steroid dienone is 6. The van der Waals surface area contributed by atoms with Crippen molar-refractivity contribution in [3.63, 3.8) is 0 Å². The Labute approximate surface area is 131 Å². The highest BCUT2D eigenvalue weighted by molar-refractivity contribution is 5.75. The minimum Gasteiger partial charge on any atom is -0.204 e. The summed E-state index contributed by atoms with van der Waals surface area (Å²) in [4.78, 5) is 0. The van der Waals surface area contributed by atoms with Gasteiger partial charge in [-0.25, -0.2) is 8.78 Å². The average Bonchev–Trinajstić information content (AvgIpc) is 2.77. The molecule has 1 saturated carbocycles. The van der Waals surface area contributed by atoms with Crippen LogP contribution in [0.5, 0.6) is 0 Å². The van der Waals surface area contributed by atoms with E-state index < -0.39 is 11.6 Å². The van der Waals surface area contributed by atoms with Crippen LogP contribution in [0.15, 0.2) is 48.1 Å². The first kappa shape index (κ1) is 15.2. The Bertz CT molecular complexity index is 629. The maximum absolute atomic E-state index is 13.4. The fourth-order valence-corrected chi connectivity index (χ4v) is 3.43. The monoisotopic (exact) mass is 300 g/mol. The molecule has 2 aliphatic carbocycles. The highest BCUT2D eigenvalue weighted by Gasteiger charge is 2.20. The Morgan fingerprint density at radius 3 is 2.41 bits per heavy atom. The molecule has 2 aliphatic rings. The molecule has 116 valence electrons. The van der Waals surface area contributed by atoms with Gasteiger partial charge in [0.2, 0.25) is 0 Å². The van der Waals surface area contributed by atoms with Crippen molar-refractivity contribution >= 4 is 5.57 Å². The van der Waals surface area contributed by atoms with Crippen molar-refractivity contribution in [1.82, 2.24) is 0 Å². The summed E-state index contributed by atoms with van der Waals surface area (Å²) in [5.41, 5.74) is 3.11. The number of benzene rings is 1. The van der Waals surface area contributed by atoms with Crippen molar-refractivity contribution in [2.75, 3.05) is 0 Å². The second-order valence-corrected chi connectivity index (χ2v) is 6.52. The third-order valence-corrected chi connectivity index (χ3v) is 4.89. The van der Waals surface area contributed by atoms with E-state index in [1.165, 1.54) is 43.4 Å². The van der Waals surface area contributed by atoms with Crippen LogP contribution in [0.1, 0.15) is 44.6 Å². The van der Waals surface area contributed by atoms with E-state index in [1.807, 2.05) is 6.08 Å². The van der Waals surface area contributed by atoms with Crippen molar-refractivity contribution in [2.24, 2.45) is 11.8 Å². The predicted octanol–water partition coefficient (Wildman–Crippen LogP) is 6.06. The average molecular weight is 300 g/mol. The van der Waals surface area contributed by atoms with Gasteiger partial charge in [0, 0.05) is 0 Å². The molecule has 3 rings (SSSR count). The lowest BCUT2D eigenvalue weighted by molar-refractivity contribution is 0.323. The lowest BCUT2D eigenvalue weighted by atomic mass is 9.79. The maximum Gasteiger partial charge on any atom is 0.159 e. The van der Waals surface area contributed by atoms with Crippen molar-refractivity contribution in [3.05, 3.63) is 65.3 Å². The number of hydrogen-bond donors (Lipinski definition) is 0. The van der Waals surface area contributed by atoms with Gasteiger partial charge in [0.1, 0.15) is 0 Å². The van der Waals surface area contributed by atoms with Crippen LogP contribution in [0, 0.1) is 23.5 Å². The molecule has 1 aromatic carbocycles. The second kappa shape index (κ2) is 6.60. The van der Waals surface area contributed by atoms with Gasteiger partial charge in [0.15, 0.2) is 11.6 Å². The molecule has 1 fully saturated rings. The summed E-state index contributed by atoms with van der Waals surface area (Å²) in [7, 11) is 0. The van der Waals surface area contributed by atoms with E-state index in [-0.39, 0.29) is 0 Å². The van der Waals surface area contributed by atoms with Crippen LogP contribution < -0.4 is 0 Å². The summed E-state index contributed by atoms with van der Waals surface area (Å²) < 4.78 is 26.5. The smallest absolute Gasteiger partial charge is 0.159 e. The molecular weight excluding hydrogens is 278 g/mol. The molecular formula is C20H22F2. The Kier molecular flexibility index (Phi) is 4.56. The Morgan fingerprint density at radius 2 is 1.68 bits per heavy atom. The van der Waals surface area contributed by atoms with Crippen LogP contribution >= 0.6 is 0 Å². The van der Waals surface area contributed by atoms with Crippen LogP contribution in [0.4, 0.5) is 8.78 Å². The first-order chi connectivity index (χ1) is 10.6. The first-order valence-electron chi connectivity index (χ1n) is 8.17. The van der Waals surface area contributed by atoms with Crippen LogP contribution in [-0.4, -0.2) is 0 Å². The van der Waals surface area contributed by atoms with E-state index >= 15 is 0 Å². The molecule has 0 saturated heterocycles. The molecule has 0 unspecified atom stereocenters. The molecule has 0 nitrogen and oxygen atoms in total. The molecule has 0 aromatic heterocycles. The largest absolute Gasteiger partial charge is 0.204 e. The Balaban J connectivity index is 1.74. The summed E-state index contributed by atoms with van der Waals surface area (Å²) in [6, 6.07) is 4.11. The van der Waals surface area contributed by atoms with Gasteiger partial charge in [-0.05, 0) is 59.9 Å². The summed E-state index contributed by atoms with van der Waals surface area (Å²) in [5, 5.41) is 0. The maximum atomic E-state index is 13.4. The standard InChI is InChI=1S/C20H22F2/c1-14-5-7-17(8-6-14)15-3-2-4-16(10-9-15)18-11-12-19(21)20(22)13-18/h3-4,9-14,17H,2,5-8H2,1H3. The van der Waals surface area contributed by atoms with E-state index in [1.54, 1.807) is 6.07 Å². The summed E-state index contributed by atoms with van der Waals surface area (Å²) >= 11 is 0. The zero-order valence-corrected chi connectivity index (χ0v) is 13.0. The molecule has 2 heteroatoms. The molecule has 0 amide bonds. The molecule has 0 aliphatic heterocycles. The number of halogens is 2.